The summed E-state index contributed by atoms with van der Waals surface area (Å²) in [7, 11) is 0. The van der Waals surface area contributed by atoms with Crippen molar-refractivity contribution in [2.45, 2.75) is 52.5 Å². The molecule has 2 fully saturated rings. The predicted octanol–water partition coefficient (Wildman–Crippen LogP) is 3.80. The Labute approximate surface area is 143 Å². The van der Waals surface area contributed by atoms with E-state index in [-0.39, 0.29) is 11.9 Å². The SMILES string of the molecule is Cc1nc2ccc(C(=O)N[C@@H](C)[C@@H]3C[C@H]4CC[C@H]3C4)cc2nc1C. The minimum absolute atomic E-state index is 0.00667. The van der Waals surface area contributed by atoms with E-state index < -0.39 is 0 Å². The molecule has 0 saturated heterocycles. The van der Waals surface area contributed by atoms with Gasteiger partial charge in [-0.25, -0.2) is 9.97 Å². The van der Waals surface area contributed by atoms with Crippen molar-refractivity contribution in [3.8, 4) is 0 Å². The third-order valence-electron chi connectivity index (χ3n) is 6.13. The van der Waals surface area contributed by atoms with Crippen molar-refractivity contribution in [2.75, 3.05) is 0 Å². The fourth-order valence-electron chi connectivity index (χ4n) is 4.68. The Hall–Kier alpha value is -1.97. The highest BCUT2D eigenvalue weighted by atomic mass is 16.1. The van der Waals surface area contributed by atoms with Crippen LogP contribution in [0.2, 0.25) is 0 Å². The summed E-state index contributed by atoms with van der Waals surface area (Å²) in [5, 5.41) is 3.23. The normalized spacial score (nSPS) is 26.7. The van der Waals surface area contributed by atoms with Crippen molar-refractivity contribution in [1.82, 2.24) is 15.3 Å². The van der Waals surface area contributed by atoms with E-state index >= 15 is 0 Å². The van der Waals surface area contributed by atoms with Gasteiger partial charge in [0.05, 0.1) is 22.4 Å². The van der Waals surface area contributed by atoms with Crippen LogP contribution in [0.25, 0.3) is 11.0 Å². The molecule has 2 bridgehead atoms. The maximum Gasteiger partial charge on any atom is 0.251 e. The molecular weight excluding hydrogens is 298 g/mol. The van der Waals surface area contributed by atoms with Gasteiger partial charge in [-0.3, -0.25) is 4.79 Å². The maximum absolute atomic E-state index is 12.7. The first-order chi connectivity index (χ1) is 11.5. The van der Waals surface area contributed by atoms with Crippen molar-refractivity contribution in [3.63, 3.8) is 0 Å². The molecule has 1 aromatic heterocycles. The first-order valence-corrected chi connectivity index (χ1v) is 9.07. The third-order valence-corrected chi connectivity index (χ3v) is 6.13. The summed E-state index contributed by atoms with van der Waals surface area (Å²) in [6.07, 6.45) is 5.40. The number of nitrogens with zero attached hydrogens (tertiary/aromatic N) is 2. The molecule has 4 heteroatoms. The van der Waals surface area contributed by atoms with Gasteiger partial charge in [-0.05, 0) is 76.0 Å². The molecule has 1 N–H and O–H groups in total. The van der Waals surface area contributed by atoms with E-state index in [0.29, 0.717) is 11.5 Å². The van der Waals surface area contributed by atoms with Crippen molar-refractivity contribution < 1.29 is 4.79 Å². The molecule has 1 heterocycles. The molecule has 2 aliphatic carbocycles. The van der Waals surface area contributed by atoms with Crippen LogP contribution in [0.5, 0.6) is 0 Å². The predicted molar refractivity (Wildman–Crippen MR) is 94.9 cm³/mol. The van der Waals surface area contributed by atoms with Crippen LogP contribution in [-0.2, 0) is 0 Å². The number of carbonyl (C=O) groups is 1. The minimum Gasteiger partial charge on any atom is -0.349 e. The smallest absolute Gasteiger partial charge is 0.251 e. The van der Waals surface area contributed by atoms with Gasteiger partial charge in [-0.1, -0.05) is 6.42 Å². The summed E-state index contributed by atoms with van der Waals surface area (Å²) in [5.74, 6) is 2.38. The molecule has 0 unspecified atom stereocenters. The lowest BCUT2D eigenvalue weighted by molar-refractivity contribution is 0.0915. The molecule has 4 rings (SSSR count). The fourth-order valence-corrected chi connectivity index (χ4v) is 4.68. The first-order valence-electron chi connectivity index (χ1n) is 9.07. The van der Waals surface area contributed by atoms with Gasteiger partial charge in [0.15, 0.2) is 0 Å². The highest BCUT2D eigenvalue weighted by molar-refractivity contribution is 5.97. The lowest BCUT2D eigenvalue weighted by Gasteiger charge is -2.28. The quantitative estimate of drug-likeness (QED) is 0.934. The molecular formula is C20H25N3O. The zero-order chi connectivity index (χ0) is 16.8. The lowest BCUT2D eigenvalue weighted by atomic mass is 9.84. The molecule has 0 spiro atoms. The highest BCUT2D eigenvalue weighted by Gasteiger charge is 2.42. The summed E-state index contributed by atoms with van der Waals surface area (Å²) >= 11 is 0. The Morgan fingerprint density at radius 3 is 2.54 bits per heavy atom. The van der Waals surface area contributed by atoms with Crippen LogP contribution in [0, 0.1) is 31.6 Å². The van der Waals surface area contributed by atoms with Gasteiger partial charge in [0.1, 0.15) is 0 Å². The van der Waals surface area contributed by atoms with Gasteiger partial charge in [0.25, 0.3) is 5.91 Å². The van der Waals surface area contributed by atoms with Crippen LogP contribution in [-0.4, -0.2) is 21.9 Å². The number of aromatic nitrogens is 2. The number of hydrogen-bond acceptors (Lipinski definition) is 3. The largest absolute Gasteiger partial charge is 0.349 e. The van der Waals surface area contributed by atoms with Gasteiger partial charge in [-0.2, -0.15) is 0 Å². The van der Waals surface area contributed by atoms with Gasteiger partial charge in [0, 0.05) is 11.6 Å². The minimum atomic E-state index is 0.00667. The van der Waals surface area contributed by atoms with E-state index in [1.807, 2.05) is 32.0 Å². The number of rotatable bonds is 3. The number of nitrogens with one attached hydrogen (secondary N) is 1. The Kier molecular flexibility index (Phi) is 3.78. The maximum atomic E-state index is 12.7. The van der Waals surface area contributed by atoms with Crippen LogP contribution >= 0.6 is 0 Å². The molecule has 4 atom stereocenters. The number of carbonyl (C=O) groups excluding carboxylic acids is 1. The van der Waals surface area contributed by atoms with Crippen LogP contribution in [0.4, 0.5) is 0 Å². The second kappa shape index (κ2) is 5.83. The Bertz CT molecular complexity index is 801. The van der Waals surface area contributed by atoms with E-state index in [4.69, 9.17) is 0 Å². The molecule has 1 aromatic carbocycles. The highest BCUT2D eigenvalue weighted by Crippen LogP contribution is 2.49. The molecule has 2 aliphatic rings. The number of benzene rings is 1. The monoisotopic (exact) mass is 323 g/mol. The number of amides is 1. The lowest BCUT2D eigenvalue weighted by Crippen LogP contribution is -2.40. The van der Waals surface area contributed by atoms with Crippen LogP contribution < -0.4 is 5.32 Å². The molecule has 0 radical (unpaired) electrons. The Morgan fingerprint density at radius 1 is 1.12 bits per heavy atom. The average molecular weight is 323 g/mol. The number of aryl methyl sites for hydroxylation is 2. The second-order valence-electron chi connectivity index (χ2n) is 7.70. The number of fused-ring (bicyclic) bond motifs is 3. The van der Waals surface area contributed by atoms with Crippen LogP contribution in [0.1, 0.15) is 54.4 Å². The van der Waals surface area contributed by atoms with E-state index in [1.165, 1.54) is 25.7 Å². The molecule has 2 aromatic rings. The third kappa shape index (κ3) is 2.68. The van der Waals surface area contributed by atoms with Gasteiger partial charge in [-0.15, -0.1) is 0 Å². The zero-order valence-electron chi connectivity index (χ0n) is 14.7. The summed E-state index contributed by atoms with van der Waals surface area (Å²) in [6.45, 7) is 6.07. The van der Waals surface area contributed by atoms with Crippen molar-refractivity contribution in [1.29, 1.82) is 0 Å². The summed E-state index contributed by atoms with van der Waals surface area (Å²) in [5.41, 5.74) is 4.16. The average Bonchev–Trinajstić information content (AvgIpc) is 3.18. The summed E-state index contributed by atoms with van der Waals surface area (Å²) in [6, 6.07) is 5.85. The molecule has 1 amide bonds. The summed E-state index contributed by atoms with van der Waals surface area (Å²) in [4.78, 5) is 21.7. The summed E-state index contributed by atoms with van der Waals surface area (Å²) < 4.78 is 0. The van der Waals surface area contributed by atoms with Crippen molar-refractivity contribution in [3.05, 3.63) is 35.2 Å². The van der Waals surface area contributed by atoms with E-state index in [2.05, 4.69) is 22.2 Å². The van der Waals surface area contributed by atoms with E-state index in [1.54, 1.807) is 0 Å². The molecule has 0 aliphatic heterocycles. The van der Waals surface area contributed by atoms with E-state index in [9.17, 15) is 4.79 Å². The molecule has 24 heavy (non-hydrogen) atoms. The second-order valence-corrected chi connectivity index (χ2v) is 7.70. The fraction of sp³-hybridized carbons (Fsp3) is 0.550. The van der Waals surface area contributed by atoms with Crippen LogP contribution in [0.3, 0.4) is 0 Å². The molecule has 126 valence electrons. The van der Waals surface area contributed by atoms with Gasteiger partial charge in [0.2, 0.25) is 0 Å². The van der Waals surface area contributed by atoms with Crippen molar-refractivity contribution >= 4 is 16.9 Å². The zero-order valence-corrected chi connectivity index (χ0v) is 14.7. The Balaban J connectivity index is 1.51. The first kappa shape index (κ1) is 15.6. The Morgan fingerprint density at radius 2 is 1.88 bits per heavy atom. The standard InChI is InChI=1S/C20H25N3O/c1-11-12(2)22-19-10-16(6-7-18(19)21-11)20(24)23-13(3)17-9-14-4-5-15(17)8-14/h6-7,10,13-15,17H,4-5,8-9H2,1-3H3,(H,23,24)/t13-,14-,15-,17-/m0/s1. The van der Waals surface area contributed by atoms with Gasteiger partial charge < -0.3 is 5.32 Å². The number of hydrogen-bond donors (Lipinski definition) is 1. The topological polar surface area (TPSA) is 54.9 Å². The van der Waals surface area contributed by atoms with E-state index in [0.717, 1.165) is 34.3 Å². The van der Waals surface area contributed by atoms with Crippen molar-refractivity contribution in [2.24, 2.45) is 17.8 Å². The molecule has 2 saturated carbocycles. The van der Waals surface area contributed by atoms with Gasteiger partial charge >= 0.3 is 0 Å². The van der Waals surface area contributed by atoms with Crippen LogP contribution in [0.15, 0.2) is 18.2 Å². The molecule has 4 nitrogen and oxygen atoms in total.